The van der Waals surface area contributed by atoms with Crippen molar-refractivity contribution in [3.8, 4) is 0 Å². The molecule has 0 aliphatic carbocycles. The number of amides is 1. The van der Waals surface area contributed by atoms with Crippen molar-refractivity contribution in [3.05, 3.63) is 40.7 Å². The highest BCUT2D eigenvalue weighted by Gasteiger charge is 2.12. The van der Waals surface area contributed by atoms with E-state index in [1.807, 2.05) is 6.92 Å². The second-order valence-electron chi connectivity index (χ2n) is 5.38. The molecule has 0 saturated carbocycles. The molecule has 2 N–H and O–H groups in total. The minimum absolute atomic E-state index is 0.0995. The van der Waals surface area contributed by atoms with Crippen molar-refractivity contribution < 1.29 is 9.18 Å². The van der Waals surface area contributed by atoms with Crippen LogP contribution in [0, 0.1) is 5.82 Å². The van der Waals surface area contributed by atoms with E-state index in [4.69, 9.17) is 0 Å². The molecule has 0 spiro atoms. The topological polar surface area (TPSA) is 79.8 Å². The summed E-state index contributed by atoms with van der Waals surface area (Å²) in [4.78, 5) is 31.3. The summed E-state index contributed by atoms with van der Waals surface area (Å²) in [6, 6.07) is 4.26. The van der Waals surface area contributed by atoms with E-state index >= 15 is 0 Å². The molecule has 1 amide bonds. The van der Waals surface area contributed by atoms with E-state index in [0.717, 1.165) is 6.42 Å². The molecule has 0 unspecified atom stereocenters. The summed E-state index contributed by atoms with van der Waals surface area (Å²) >= 11 is 0. The highest BCUT2D eigenvalue weighted by atomic mass is 19.1. The Balaban J connectivity index is 1.91. The predicted molar refractivity (Wildman–Crippen MR) is 85.7 cm³/mol. The van der Waals surface area contributed by atoms with Gasteiger partial charge in [0.2, 0.25) is 5.91 Å². The fraction of sp³-hybridized carbons (Fsp3) is 0.312. The van der Waals surface area contributed by atoms with Gasteiger partial charge in [0.05, 0.1) is 6.33 Å². The van der Waals surface area contributed by atoms with Gasteiger partial charge in [0.15, 0.2) is 0 Å². The number of nitrogens with one attached hydrogen (secondary N) is 2. The molecule has 0 radical (unpaired) electrons. The van der Waals surface area contributed by atoms with E-state index in [1.165, 1.54) is 23.0 Å². The zero-order valence-electron chi connectivity index (χ0n) is 12.7. The Bertz CT molecular complexity index is 929. The monoisotopic (exact) mass is 316 g/mol. The maximum absolute atomic E-state index is 13.4. The molecule has 23 heavy (non-hydrogen) atoms. The zero-order valence-corrected chi connectivity index (χ0v) is 12.7. The number of rotatable bonds is 5. The molecule has 0 aliphatic rings. The zero-order chi connectivity index (χ0) is 16.4. The van der Waals surface area contributed by atoms with Gasteiger partial charge in [-0.15, -0.1) is 0 Å². The normalized spacial score (nSPS) is 11.2. The predicted octanol–water partition coefficient (Wildman–Crippen LogP) is 1.93. The molecule has 0 fully saturated rings. The number of aryl methyl sites for hydroxylation is 1. The van der Waals surface area contributed by atoms with Crippen LogP contribution in [0.3, 0.4) is 0 Å². The van der Waals surface area contributed by atoms with E-state index in [-0.39, 0.29) is 30.2 Å². The number of nitrogens with zero attached hydrogens (tertiary/aromatic N) is 2. The average Bonchev–Trinajstić information content (AvgIpc) is 2.91. The fourth-order valence-corrected chi connectivity index (χ4v) is 2.50. The second kappa shape index (κ2) is 6.20. The van der Waals surface area contributed by atoms with Gasteiger partial charge in [0.1, 0.15) is 16.9 Å². The van der Waals surface area contributed by atoms with Gasteiger partial charge in [0, 0.05) is 30.4 Å². The molecule has 1 aromatic carbocycles. The fourth-order valence-electron chi connectivity index (χ4n) is 2.50. The molecular weight excluding hydrogens is 299 g/mol. The van der Waals surface area contributed by atoms with Crippen LogP contribution >= 0.6 is 0 Å². The van der Waals surface area contributed by atoms with Gasteiger partial charge in [-0.1, -0.05) is 6.92 Å². The van der Waals surface area contributed by atoms with E-state index in [0.29, 0.717) is 28.5 Å². The first-order valence-corrected chi connectivity index (χ1v) is 7.53. The van der Waals surface area contributed by atoms with Crippen molar-refractivity contribution in [2.45, 2.75) is 26.3 Å². The van der Waals surface area contributed by atoms with Crippen LogP contribution in [0.2, 0.25) is 0 Å². The second-order valence-corrected chi connectivity index (χ2v) is 5.38. The Morgan fingerprint density at radius 1 is 1.43 bits per heavy atom. The van der Waals surface area contributed by atoms with Crippen LogP contribution in [0.25, 0.3) is 21.9 Å². The van der Waals surface area contributed by atoms with Crippen LogP contribution in [0.4, 0.5) is 4.39 Å². The summed E-state index contributed by atoms with van der Waals surface area (Å²) in [6.07, 6.45) is 2.47. The van der Waals surface area contributed by atoms with Crippen LogP contribution in [0.5, 0.6) is 0 Å². The lowest BCUT2D eigenvalue weighted by atomic mass is 10.2. The van der Waals surface area contributed by atoms with Gasteiger partial charge < -0.3 is 10.3 Å². The van der Waals surface area contributed by atoms with Gasteiger partial charge >= 0.3 is 0 Å². The highest BCUT2D eigenvalue weighted by molar-refractivity contribution is 6.04. The third-order valence-corrected chi connectivity index (χ3v) is 3.69. The van der Waals surface area contributed by atoms with E-state index < -0.39 is 0 Å². The largest absolute Gasteiger partial charge is 0.356 e. The van der Waals surface area contributed by atoms with E-state index in [9.17, 15) is 14.0 Å². The lowest BCUT2D eigenvalue weighted by Crippen LogP contribution is -2.28. The molecule has 0 saturated heterocycles. The van der Waals surface area contributed by atoms with Gasteiger partial charge in [-0.2, -0.15) is 0 Å². The van der Waals surface area contributed by atoms with E-state index in [2.05, 4.69) is 15.3 Å². The van der Waals surface area contributed by atoms with Gasteiger partial charge in [-0.05, 0) is 24.6 Å². The number of benzene rings is 1. The lowest BCUT2D eigenvalue weighted by molar-refractivity contribution is -0.121. The van der Waals surface area contributed by atoms with Gasteiger partial charge in [0.25, 0.3) is 5.56 Å². The molecule has 120 valence electrons. The Kier molecular flexibility index (Phi) is 4.10. The summed E-state index contributed by atoms with van der Waals surface area (Å²) in [6.45, 7) is 2.85. The van der Waals surface area contributed by atoms with Crippen molar-refractivity contribution in [1.82, 2.24) is 19.9 Å². The molecular formula is C16H17FN4O2. The highest BCUT2D eigenvalue weighted by Crippen LogP contribution is 2.21. The molecule has 0 bridgehead atoms. The van der Waals surface area contributed by atoms with Crippen molar-refractivity contribution in [1.29, 1.82) is 0 Å². The number of aromatic nitrogens is 3. The quantitative estimate of drug-likeness (QED) is 0.755. The number of aromatic amines is 1. The van der Waals surface area contributed by atoms with E-state index in [1.54, 1.807) is 6.07 Å². The summed E-state index contributed by atoms with van der Waals surface area (Å²) in [5, 5.41) is 3.34. The smallest absolute Gasteiger partial charge is 0.277 e. The van der Waals surface area contributed by atoms with Crippen molar-refractivity contribution in [2.24, 2.45) is 0 Å². The number of halogens is 1. The summed E-state index contributed by atoms with van der Waals surface area (Å²) in [5.41, 5.74) is 1.15. The molecule has 7 heteroatoms. The number of fused-ring (bicyclic) bond motifs is 3. The number of carbonyl (C=O) groups excluding carboxylic acids is 1. The van der Waals surface area contributed by atoms with Crippen LogP contribution in [0.15, 0.2) is 29.3 Å². The SMILES string of the molecule is CCCNC(=O)CCn1cnc2c([nH]c3ccc(F)cc32)c1=O. The number of hydrogen-bond acceptors (Lipinski definition) is 3. The van der Waals surface area contributed by atoms with Crippen molar-refractivity contribution in [2.75, 3.05) is 6.54 Å². The molecule has 3 rings (SSSR count). The van der Waals surface area contributed by atoms with Crippen LogP contribution in [0.1, 0.15) is 19.8 Å². The van der Waals surface area contributed by atoms with Crippen LogP contribution in [-0.4, -0.2) is 27.0 Å². The number of hydrogen-bond donors (Lipinski definition) is 2. The Labute approximate surface area is 131 Å². The number of carbonyl (C=O) groups is 1. The average molecular weight is 316 g/mol. The Morgan fingerprint density at radius 3 is 3.04 bits per heavy atom. The minimum Gasteiger partial charge on any atom is -0.356 e. The maximum Gasteiger partial charge on any atom is 0.277 e. The molecule has 0 aliphatic heterocycles. The summed E-state index contributed by atoms with van der Waals surface area (Å²) in [5.74, 6) is -0.477. The summed E-state index contributed by atoms with van der Waals surface area (Å²) < 4.78 is 14.8. The first-order chi connectivity index (χ1) is 11.1. The molecule has 2 aromatic heterocycles. The first kappa shape index (κ1) is 15.2. The number of H-pyrrole nitrogens is 1. The molecule has 0 atom stereocenters. The van der Waals surface area contributed by atoms with Gasteiger partial charge in [-0.25, -0.2) is 9.37 Å². The van der Waals surface area contributed by atoms with Crippen molar-refractivity contribution >= 4 is 27.8 Å². The molecule has 3 aromatic rings. The first-order valence-electron chi connectivity index (χ1n) is 7.53. The third-order valence-electron chi connectivity index (χ3n) is 3.69. The Morgan fingerprint density at radius 2 is 2.26 bits per heavy atom. The third kappa shape index (κ3) is 2.94. The standard InChI is InChI=1S/C16H17FN4O2/c1-2-6-18-13(22)5-7-21-9-19-14-11-8-10(17)3-4-12(11)20-15(14)16(21)23/h3-4,8-9,20H,2,5-7H2,1H3,(H,18,22). The molecule has 6 nitrogen and oxygen atoms in total. The molecule has 2 heterocycles. The van der Waals surface area contributed by atoms with Gasteiger partial charge in [-0.3, -0.25) is 14.2 Å². The summed E-state index contributed by atoms with van der Waals surface area (Å²) in [7, 11) is 0. The maximum atomic E-state index is 13.4. The van der Waals surface area contributed by atoms with Crippen LogP contribution in [-0.2, 0) is 11.3 Å². The lowest BCUT2D eigenvalue weighted by Gasteiger charge is -2.06. The minimum atomic E-state index is -0.378. The Hall–Kier alpha value is -2.70. The van der Waals surface area contributed by atoms with Crippen molar-refractivity contribution in [3.63, 3.8) is 0 Å². The van der Waals surface area contributed by atoms with Crippen LogP contribution < -0.4 is 10.9 Å².